The first kappa shape index (κ1) is 26.7. The fraction of sp³-hybridized carbons (Fsp3) is 0.367. The Hall–Kier alpha value is -3.35. The summed E-state index contributed by atoms with van der Waals surface area (Å²) >= 11 is 0. The molecule has 0 unspecified atom stereocenters. The molecule has 0 aliphatic heterocycles. The molecule has 196 valence electrons. The van der Waals surface area contributed by atoms with Gasteiger partial charge in [0.15, 0.2) is 0 Å². The Bertz CT molecular complexity index is 1320. The van der Waals surface area contributed by atoms with Crippen LogP contribution in [-0.4, -0.2) is 29.3 Å². The summed E-state index contributed by atoms with van der Waals surface area (Å²) in [5, 5.41) is 1.12. The lowest BCUT2D eigenvalue weighted by Gasteiger charge is -2.34. The second kappa shape index (κ2) is 10.2. The van der Waals surface area contributed by atoms with Crippen LogP contribution < -0.4 is 0 Å². The minimum Gasteiger partial charge on any atom is -0.444 e. The van der Waals surface area contributed by atoms with E-state index in [2.05, 4.69) is 0 Å². The third-order valence-corrected chi connectivity index (χ3v) is 6.69. The zero-order chi connectivity index (χ0) is 27.0. The van der Waals surface area contributed by atoms with Crippen molar-refractivity contribution in [2.75, 3.05) is 6.54 Å². The number of benzene rings is 3. The maximum atomic E-state index is 14.5. The smallest absolute Gasteiger partial charge is 0.416 e. The van der Waals surface area contributed by atoms with Gasteiger partial charge in [0.2, 0.25) is 0 Å². The molecular weight excluding hydrogens is 482 g/mol. The molecular formula is C30H31F4NO2. The van der Waals surface area contributed by atoms with Gasteiger partial charge in [0.1, 0.15) is 11.4 Å². The summed E-state index contributed by atoms with van der Waals surface area (Å²) in [7, 11) is 0. The van der Waals surface area contributed by atoms with Crippen LogP contribution in [0.25, 0.3) is 16.3 Å². The largest absolute Gasteiger partial charge is 0.444 e. The van der Waals surface area contributed by atoms with Crippen LogP contribution in [0.1, 0.15) is 56.8 Å². The minimum atomic E-state index is -4.47. The zero-order valence-corrected chi connectivity index (χ0v) is 21.4. The predicted octanol–water partition coefficient (Wildman–Crippen LogP) is 8.49. The molecule has 3 nitrogen and oxygen atoms in total. The lowest BCUT2D eigenvalue weighted by molar-refractivity contribution is -0.0695. The van der Waals surface area contributed by atoms with E-state index in [9.17, 15) is 22.4 Å². The Labute approximate surface area is 214 Å². The molecule has 3 aromatic rings. The van der Waals surface area contributed by atoms with Crippen LogP contribution in [0.5, 0.6) is 0 Å². The van der Waals surface area contributed by atoms with Gasteiger partial charge in [0.25, 0.3) is 0 Å². The van der Waals surface area contributed by atoms with Crippen molar-refractivity contribution in [2.24, 2.45) is 5.92 Å². The Morgan fingerprint density at radius 2 is 1.65 bits per heavy atom. The highest BCUT2D eigenvalue weighted by atomic mass is 19.4. The lowest BCUT2D eigenvalue weighted by Crippen LogP contribution is -2.39. The number of hydrogen-bond acceptors (Lipinski definition) is 2. The molecule has 0 bridgehead atoms. The molecule has 1 aliphatic carbocycles. The van der Waals surface area contributed by atoms with Crippen LogP contribution in [0.3, 0.4) is 0 Å². The molecule has 0 saturated carbocycles. The van der Waals surface area contributed by atoms with Gasteiger partial charge in [-0.25, -0.2) is 9.18 Å². The van der Waals surface area contributed by atoms with Crippen LogP contribution in [0.2, 0.25) is 0 Å². The fourth-order valence-electron chi connectivity index (χ4n) is 4.95. The van der Waals surface area contributed by atoms with Crippen molar-refractivity contribution in [1.29, 1.82) is 0 Å². The van der Waals surface area contributed by atoms with Crippen LogP contribution >= 0.6 is 0 Å². The molecule has 0 aromatic heterocycles. The van der Waals surface area contributed by atoms with Gasteiger partial charge in [-0.1, -0.05) is 60.7 Å². The van der Waals surface area contributed by atoms with E-state index in [0.717, 1.165) is 5.56 Å². The number of allylic oxidation sites excluding steroid dienone is 2. The zero-order valence-electron chi connectivity index (χ0n) is 21.4. The van der Waals surface area contributed by atoms with Crippen molar-refractivity contribution in [2.45, 2.75) is 58.4 Å². The number of hydrogen-bond donors (Lipinski definition) is 0. The highest BCUT2D eigenvalue weighted by molar-refractivity contribution is 5.87. The SMILES string of the molecule is C[C@H](c1ccc(F)c2ccccc12)N(CC[C@H]1C=C(C(F)(F)F)c2ccccc2C1)C(=O)OC(C)(C)C. The molecule has 7 heteroatoms. The maximum Gasteiger partial charge on any atom is 0.416 e. The monoisotopic (exact) mass is 513 g/mol. The molecule has 0 saturated heterocycles. The van der Waals surface area contributed by atoms with Crippen molar-refractivity contribution in [3.63, 3.8) is 0 Å². The minimum absolute atomic E-state index is 0.177. The van der Waals surface area contributed by atoms with E-state index >= 15 is 0 Å². The van der Waals surface area contributed by atoms with E-state index in [-0.39, 0.29) is 17.9 Å². The molecule has 37 heavy (non-hydrogen) atoms. The maximum absolute atomic E-state index is 14.5. The van der Waals surface area contributed by atoms with E-state index in [1.54, 1.807) is 69.3 Å². The number of rotatable bonds is 5. The van der Waals surface area contributed by atoms with Gasteiger partial charge >= 0.3 is 12.3 Å². The van der Waals surface area contributed by atoms with Gasteiger partial charge in [0.05, 0.1) is 11.6 Å². The summed E-state index contributed by atoms with van der Waals surface area (Å²) in [6.45, 7) is 7.29. The topological polar surface area (TPSA) is 29.5 Å². The summed E-state index contributed by atoms with van der Waals surface area (Å²) in [6.07, 6.45) is -2.99. The van der Waals surface area contributed by atoms with Crippen LogP contribution in [-0.2, 0) is 11.2 Å². The molecule has 3 aromatic carbocycles. The van der Waals surface area contributed by atoms with E-state index < -0.39 is 35.4 Å². The van der Waals surface area contributed by atoms with Gasteiger partial charge in [-0.05, 0) is 74.6 Å². The molecule has 4 rings (SSSR count). The first-order valence-corrected chi connectivity index (χ1v) is 12.4. The molecule has 0 spiro atoms. The average molecular weight is 514 g/mol. The summed E-state index contributed by atoms with van der Waals surface area (Å²) < 4.78 is 61.7. The van der Waals surface area contributed by atoms with E-state index in [1.165, 1.54) is 23.1 Å². The van der Waals surface area contributed by atoms with E-state index in [4.69, 9.17) is 4.74 Å². The van der Waals surface area contributed by atoms with Gasteiger partial charge in [-0.2, -0.15) is 13.2 Å². The average Bonchev–Trinajstić information content (AvgIpc) is 2.82. The normalized spacial score (nSPS) is 16.6. The second-order valence-corrected chi connectivity index (χ2v) is 10.5. The number of carbonyl (C=O) groups is 1. The van der Waals surface area contributed by atoms with Crippen LogP contribution in [0.4, 0.5) is 22.4 Å². The second-order valence-electron chi connectivity index (χ2n) is 10.5. The predicted molar refractivity (Wildman–Crippen MR) is 138 cm³/mol. The summed E-state index contributed by atoms with van der Waals surface area (Å²) in [6, 6.07) is 16.1. The molecule has 0 heterocycles. The fourth-order valence-corrected chi connectivity index (χ4v) is 4.95. The Morgan fingerprint density at radius 1 is 1.00 bits per heavy atom. The molecule has 2 atom stereocenters. The van der Waals surface area contributed by atoms with Gasteiger partial charge in [0, 0.05) is 11.9 Å². The molecule has 0 radical (unpaired) electrons. The van der Waals surface area contributed by atoms with Crippen molar-refractivity contribution in [3.8, 4) is 0 Å². The standard InChI is InChI=1S/C30H31F4NO2/c1-19(22-13-14-27(31)25-12-8-7-11-24(22)25)35(28(36)37-29(2,3)4)16-15-20-17-21-9-5-6-10-23(21)26(18-20)30(32,33)34/h5-14,18-20H,15-17H2,1-4H3/t19-,20-/m1/s1. The molecule has 1 amide bonds. The highest BCUT2D eigenvalue weighted by Crippen LogP contribution is 2.41. The number of alkyl halides is 3. The van der Waals surface area contributed by atoms with Crippen molar-refractivity contribution >= 4 is 22.4 Å². The van der Waals surface area contributed by atoms with Crippen molar-refractivity contribution < 1.29 is 27.1 Å². The Kier molecular flexibility index (Phi) is 7.36. The Morgan fingerprint density at radius 3 is 2.32 bits per heavy atom. The number of nitrogens with zero attached hydrogens (tertiary/aromatic N) is 1. The van der Waals surface area contributed by atoms with E-state index in [1.807, 2.05) is 6.92 Å². The Balaban J connectivity index is 1.65. The first-order chi connectivity index (χ1) is 17.3. The van der Waals surface area contributed by atoms with Crippen LogP contribution in [0, 0.1) is 11.7 Å². The number of halogens is 4. The van der Waals surface area contributed by atoms with Gasteiger partial charge in [-0.15, -0.1) is 0 Å². The summed E-state index contributed by atoms with van der Waals surface area (Å²) in [5.74, 6) is -0.769. The first-order valence-electron chi connectivity index (χ1n) is 12.4. The molecule has 0 fully saturated rings. The molecule has 0 N–H and O–H groups in total. The lowest BCUT2D eigenvalue weighted by atomic mass is 9.82. The van der Waals surface area contributed by atoms with Crippen molar-refractivity contribution in [1.82, 2.24) is 4.90 Å². The third-order valence-electron chi connectivity index (χ3n) is 6.69. The summed E-state index contributed by atoms with van der Waals surface area (Å²) in [4.78, 5) is 14.8. The van der Waals surface area contributed by atoms with Gasteiger partial charge in [-0.3, -0.25) is 0 Å². The van der Waals surface area contributed by atoms with E-state index in [0.29, 0.717) is 29.2 Å². The number of fused-ring (bicyclic) bond motifs is 2. The van der Waals surface area contributed by atoms with Crippen LogP contribution in [0.15, 0.2) is 66.7 Å². The summed E-state index contributed by atoms with van der Waals surface area (Å²) in [5.41, 5.74) is 0.196. The number of carbonyl (C=O) groups excluding carboxylic acids is 1. The third kappa shape index (κ3) is 5.97. The number of ether oxygens (including phenoxy) is 1. The number of amides is 1. The van der Waals surface area contributed by atoms with Gasteiger partial charge < -0.3 is 9.64 Å². The highest BCUT2D eigenvalue weighted by Gasteiger charge is 2.38. The quantitative estimate of drug-likeness (QED) is 0.320. The molecule has 1 aliphatic rings. The van der Waals surface area contributed by atoms with Crippen molar-refractivity contribution in [3.05, 3.63) is 89.2 Å².